The van der Waals surface area contributed by atoms with Crippen molar-refractivity contribution in [2.45, 2.75) is 12.8 Å². The van der Waals surface area contributed by atoms with Gasteiger partial charge in [-0.15, -0.1) is 0 Å². The first-order chi connectivity index (χ1) is 11.5. The average Bonchev–Trinajstić information content (AvgIpc) is 3.01. The Morgan fingerprint density at radius 2 is 2.08 bits per heavy atom. The zero-order valence-electron chi connectivity index (χ0n) is 13.9. The van der Waals surface area contributed by atoms with Crippen molar-refractivity contribution < 1.29 is 17.9 Å². The lowest BCUT2D eigenvalue weighted by molar-refractivity contribution is 0.0673. The normalized spacial score (nSPS) is 23.4. The number of ether oxygens (including phenoxy) is 1. The zero-order chi connectivity index (χ0) is 17.2. The van der Waals surface area contributed by atoms with Crippen LogP contribution in [-0.4, -0.2) is 78.5 Å². The topological polar surface area (TPSA) is 84.7 Å². The van der Waals surface area contributed by atoms with Crippen LogP contribution in [0, 0.1) is 5.92 Å². The van der Waals surface area contributed by atoms with Crippen LogP contribution in [-0.2, 0) is 21.8 Å². The van der Waals surface area contributed by atoms with Crippen LogP contribution in [0.25, 0.3) is 0 Å². The van der Waals surface area contributed by atoms with E-state index in [0.29, 0.717) is 45.0 Å². The summed E-state index contributed by atoms with van der Waals surface area (Å²) >= 11 is 0. The van der Waals surface area contributed by atoms with Crippen LogP contribution in [0.1, 0.15) is 23.2 Å². The Hall–Kier alpha value is -1.45. The van der Waals surface area contributed by atoms with Crippen LogP contribution in [0.15, 0.2) is 12.4 Å². The second kappa shape index (κ2) is 7.20. The smallest absolute Gasteiger partial charge is 0.257 e. The molecule has 2 saturated heterocycles. The third kappa shape index (κ3) is 3.96. The largest absolute Gasteiger partial charge is 0.379 e. The number of carbonyl (C=O) groups excluding carboxylic acids is 1. The van der Waals surface area contributed by atoms with E-state index in [2.05, 4.69) is 5.10 Å². The molecule has 2 aliphatic rings. The molecule has 0 N–H and O–H groups in total. The summed E-state index contributed by atoms with van der Waals surface area (Å²) in [5.74, 6) is 0.00730. The minimum atomic E-state index is -3.29. The number of hydrogen-bond acceptors (Lipinski definition) is 5. The lowest BCUT2D eigenvalue weighted by Crippen LogP contribution is -2.46. The second-order valence-electron chi connectivity index (χ2n) is 6.45. The van der Waals surface area contributed by atoms with Crippen molar-refractivity contribution in [3.05, 3.63) is 18.0 Å². The number of rotatable bonds is 4. The maximum Gasteiger partial charge on any atom is 0.257 e. The minimum absolute atomic E-state index is 0.0211. The van der Waals surface area contributed by atoms with E-state index in [1.165, 1.54) is 4.31 Å². The molecule has 1 aromatic heterocycles. The molecular weight excluding hydrogens is 332 g/mol. The molecule has 9 heteroatoms. The Morgan fingerprint density at radius 3 is 2.75 bits per heavy atom. The van der Waals surface area contributed by atoms with Crippen molar-refractivity contribution in [2.24, 2.45) is 13.0 Å². The number of sulfonamides is 1. The van der Waals surface area contributed by atoms with Crippen LogP contribution >= 0.6 is 0 Å². The highest BCUT2D eigenvalue weighted by Crippen LogP contribution is 2.21. The molecule has 1 amide bonds. The highest BCUT2D eigenvalue weighted by Gasteiger charge is 2.32. The van der Waals surface area contributed by atoms with Gasteiger partial charge in [0.2, 0.25) is 10.0 Å². The number of aromatic nitrogens is 2. The lowest BCUT2D eigenvalue weighted by Gasteiger charge is -2.34. The van der Waals surface area contributed by atoms with E-state index < -0.39 is 10.0 Å². The molecule has 3 rings (SSSR count). The Kier molecular flexibility index (Phi) is 5.21. The van der Waals surface area contributed by atoms with Gasteiger partial charge in [0.25, 0.3) is 5.91 Å². The summed E-state index contributed by atoms with van der Waals surface area (Å²) in [4.78, 5) is 14.3. The molecule has 0 aliphatic carbocycles. The zero-order valence-corrected chi connectivity index (χ0v) is 14.7. The average molecular weight is 356 g/mol. The molecule has 0 radical (unpaired) electrons. The summed E-state index contributed by atoms with van der Waals surface area (Å²) in [5.41, 5.74) is 0.550. The van der Waals surface area contributed by atoms with Gasteiger partial charge < -0.3 is 9.64 Å². The number of nitrogens with zero attached hydrogens (tertiary/aromatic N) is 4. The Balaban J connectivity index is 1.62. The quantitative estimate of drug-likeness (QED) is 0.754. The molecule has 0 spiro atoms. The molecule has 0 saturated carbocycles. The summed E-state index contributed by atoms with van der Waals surface area (Å²) in [6.45, 7) is 2.91. The van der Waals surface area contributed by atoms with Gasteiger partial charge >= 0.3 is 0 Å². The molecule has 2 aliphatic heterocycles. The van der Waals surface area contributed by atoms with Gasteiger partial charge in [0.05, 0.1) is 30.7 Å². The predicted octanol–water partition coefficient (Wildman–Crippen LogP) is -0.0657. The van der Waals surface area contributed by atoms with Crippen LogP contribution in [0.4, 0.5) is 0 Å². The maximum atomic E-state index is 12.6. The Labute approximate surface area is 142 Å². The number of aryl methyl sites for hydroxylation is 1. The van der Waals surface area contributed by atoms with Crippen LogP contribution < -0.4 is 0 Å². The molecule has 0 bridgehead atoms. The molecule has 24 heavy (non-hydrogen) atoms. The van der Waals surface area contributed by atoms with Gasteiger partial charge in [0.15, 0.2) is 0 Å². The summed E-state index contributed by atoms with van der Waals surface area (Å²) in [7, 11) is -1.53. The summed E-state index contributed by atoms with van der Waals surface area (Å²) in [6.07, 6.45) is 4.91. The fraction of sp³-hybridized carbons (Fsp3) is 0.733. The van der Waals surface area contributed by atoms with Gasteiger partial charge in [-0.05, 0) is 18.8 Å². The first kappa shape index (κ1) is 17.4. The fourth-order valence-electron chi connectivity index (χ4n) is 3.33. The monoisotopic (exact) mass is 356 g/mol. The van der Waals surface area contributed by atoms with Crippen molar-refractivity contribution in [3.63, 3.8) is 0 Å². The van der Waals surface area contributed by atoms with Crippen LogP contribution in [0.3, 0.4) is 0 Å². The molecule has 1 aromatic rings. The molecule has 3 heterocycles. The van der Waals surface area contributed by atoms with Gasteiger partial charge in [-0.2, -0.15) is 9.40 Å². The number of piperidine rings is 1. The van der Waals surface area contributed by atoms with E-state index in [0.717, 1.165) is 12.8 Å². The van der Waals surface area contributed by atoms with Gasteiger partial charge in [0, 0.05) is 39.4 Å². The van der Waals surface area contributed by atoms with Gasteiger partial charge in [-0.25, -0.2) is 8.42 Å². The molecule has 2 fully saturated rings. The number of likely N-dealkylation sites (tertiary alicyclic amines) is 1. The second-order valence-corrected chi connectivity index (χ2v) is 8.47. The van der Waals surface area contributed by atoms with E-state index in [1.807, 2.05) is 0 Å². The van der Waals surface area contributed by atoms with E-state index >= 15 is 0 Å². The van der Waals surface area contributed by atoms with E-state index in [1.54, 1.807) is 29.0 Å². The van der Waals surface area contributed by atoms with E-state index in [-0.39, 0.29) is 17.6 Å². The van der Waals surface area contributed by atoms with Crippen molar-refractivity contribution in [3.8, 4) is 0 Å². The van der Waals surface area contributed by atoms with E-state index in [9.17, 15) is 13.2 Å². The van der Waals surface area contributed by atoms with Gasteiger partial charge in [-0.3, -0.25) is 9.48 Å². The highest BCUT2D eigenvalue weighted by molar-refractivity contribution is 7.89. The van der Waals surface area contributed by atoms with Gasteiger partial charge in [-0.1, -0.05) is 0 Å². The third-order valence-electron chi connectivity index (χ3n) is 4.57. The highest BCUT2D eigenvalue weighted by atomic mass is 32.2. The summed E-state index contributed by atoms with van der Waals surface area (Å²) < 4.78 is 33.4. The molecule has 0 unspecified atom stereocenters. The number of morpholine rings is 1. The number of carbonyl (C=O) groups is 1. The molecule has 0 aromatic carbocycles. The van der Waals surface area contributed by atoms with Crippen molar-refractivity contribution in [1.82, 2.24) is 19.0 Å². The summed E-state index contributed by atoms with van der Waals surface area (Å²) in [6, 6.07) is 0. The summed E-state index contributed by atoms with van der Waals surface area (Å²) in [5, 5.41) is 4.03. The number of amides is 1. The number of hydrogen-bond donors (Lipinski definition) is 0. The lowest BCUT2D eigenvalue weighted by atomic mass is 9.99. The maximum absolute atomic E-state index is 12.6. The van der Waals surface area contributed by atoms with Gasteiger partial charge in [0.1, 0.15) is 0 Å². The van der Waals surface area contributed by atoms with Crippen molar-refractivity contribution >= 4 is 15.9 Å². The third-order valence-corrected chi connectivity index (χ3v) is 6.61. The van der Waals surface area contributed by atoms with Crippen molar-refractivity contribution in [1.29, 1.82) is 0 Å². The first-order valence-electron chi connectivity index (χ1n) is 8.29. The standard InChI is InChI=1S/C15H24N4O4S/c1-17-11-14(9-16-17)15(20)18-4-2-3-13(10-18)12-24(21,22)19-5-7-23-8-6-19/h9,11,13H,2-8,10,12H2,1H3/t13-/m1/s1. The van der Waals surface area contributed by atoms with Crippen LogP contribution in [0.5, 0.6) is 0 Å². The van der Waals surface area contributed by atoms with E-state index in [4.69, 9.17) is 4.74 Å². The molecule has 8 nitrogen and oxygen atoms in total. The fourth-order valence-corrected chi connectivity index (χ4v) is 5.11. The predicted molar refractivity (Wildman–Crippen MR) is 88.0 cm³/mol. The minimum Gasteiger partial charge on any atom is -0.379 e. The SMILES string of the molecule is Cn1cc(C(=O)N2CCC[C@@H](CS(=O)(=O)N3CCOCC3)C2)cn1. The van der Waals surface area contributed by atoms with Crippen LogP contribution in [0.2, 0.25) is 0 Å². The molecule has 134 valence electrons. The first-order valence-corrected chi connectivity index (χ1v) is 9.90. The molecule has 1 atom stereocenters. The Morgan fingerprint density at radius 1 is 1.33 bits per heavy atom. The molecular formula is C15H24N4O4S. The Bertz CT molecular complexity index is 681. The van der Waals surface area contributed by atoms with Crippen molar-refractivity contribution in [2.75, 3.05) is 45.1 Å².